The summed E-state index contributed by atoms with van der Waals surface area (Å²) in [5, 5.41) is 36.5. The highest BCUT2D eigenvalue weighted by Gasteiger charge is 2.30. The zero-order valence-electron chi connectivity index (χ0n) is 27.4. The van der Waals surface area contributed by atoms with Crippen LogP contribution in [0, 0.1) is 16.2 Å². The summed E-state index contributed by atoms with van der Waals surface area (Å²) < 4.78 is 9.63. The maximum Gasteiger partial charge on any atom is 0.320 e. The van der Waals surface area contributed by atoms with Crippen LogP contribution in [0.2, 0.25) is 0 Å². The topological polar surface area (TPSA) is 183 Å². The number of aliphatic hydroxyl groups excluding tert-OH is 1. The zero-order chi connectivity index (χ0) is 33.6. The molecule has 2 atom stereocenters. The summed E-state index contributed by atoms with van der Waals surface area (Å²) in [5.74, 6) is 1.14. The lowest BCUT2D eigenvalue weighted by Crippen LogP contribution is -2.43. The number of carbonyl (C=O) groups excluding carboxylic acids is 1. The van der Waals surface area contributed by atoms with Crippen LogP contribution < -0.4 is 26.6 Å². The molecule has 2 amide bonds. The smallest absolute Gasteiger partial charge is 0.320 e. The zero-order valence-corrected chi connectivity index (χ0v) is 27.4. The standard InChI is InChI=1S/C34H46N10O3/c1-34(2,3)29(35)19-31(39-23-20-38-43(21-23)17-18-45)41-33(46)40-27-12-13-28(26-10-6-5-9-25(26)27)47-24-11-14-30(36)44(22-24)32(37)42-15-7-4-8-16-42/h5-6,9-11,14,19-22,27-28,36-37,45H,4,7-8,12-13,15-18,35H2,1-3H3,(H2,39,40,41,46)/b29-19-,36-30?,37-32?. The molecule has 13 heteroatoms. The third-order valence-electron chi connectivity index (χ3n) is 8.42. The van der Waals surface area contributed by atoms with E-state index in [-0.39, 0.29) is 35.5 Å². The van der Waals surface area contributed by atoms with Gasteiger partial charge in [0.1, 0.15) is 28.9 Å². The van der Waals surface area contributed by atoms with Crippen molar-refractivity contribution in [3.05, 3.63) is 83.4 Å². The number of allylic oxidation sites excluding steroid dienone is 1. The number of urea groups is 1. The number of aliphatic hydroxyl groups is 1. The molecular weight excluding hydrogens is 596 g/mol. The van der Waals surface area contributed by atoms with E-state index in [2.05, 4.69) is 20.7 Å². The Balaban J connectivity index is 1.31. The Morgan fingerprint density at radius 1 is 1.13 bits per heavy atom. The molecule has 2 aromatic heterocycles. The third kappa shape index (κ3) is 8.47. The highest BCUT2D eigenvalue weighted by molar-refractivity contribution is 6.05. The highest BCUT2D eigenvalue weighted by Crippen LogP contribution is 2.38. The van der Waals surface area contributed by atoms with E-state index in [9.17, 15) is 9.90 Å². The van der Waals surface area contributed by atoms with Gasteiger partial charge in [-0.05, 0) is 55.4 Å². The quantitative estimate of drug-likeness (QED) is 0.165. The van der Waals surface area contributed by atoms with E-state index >= 15 is 0 Å². The molecule has 13 nitrogen and oxygen atoms in total. The maximum atomic E-state index is 13.4. The summed E-state index contributed by atoms with van der Waals surface area (Å²) in [7, 11) is 0. The van der Waals surface area contributed by atoms with Crippen molar-refractivity contribution in [2.45, 2.75) is 71.6 Å². The first-order valence-corrected chi connectivity index (χ1v) is 16.2. The van der Waals surface area contributed by atoms with Crippen LogP contribution in [0.15, 0.2) is 71.8 Å². The minimum Gasteiger partial charge on any atom is -0.484 e. The summed E-state index contributed by atoms with van der Waals surface area (Å²) in [5.41, 5.74) is 9.23. The van der Waals surface area contributed by atoms with E-state index < -0.39 is 6.03 Å². The van der Waals surface area contributed by atoms with Crippen molar-refractivity contribution in [2.24, 2.45) is 16.1 Å². The molecule has 2 unspecified atom stereocenters. The van der Waals surface area contributed by atoms with Gasteiger partial charge in [-0.25, -0.2) is 9.79 Å². The Labute approximate surface area is 275 Å². The number of nitrogens with zero attached hydrogens (tertiary/aromatic N) is 5. The van der Waals surface area contributed by atoms with Gasteiger partial charge in [0.05, 0.1) is 37.8 Å². The fourth-order valence-corrected chi connectivity index (χ4v) is 5.72. The Kier molecular flexibility index (Phi) is 10.4. The number of amidine groups is 1. The van der Waals surface area contributed by atoms with Crippen LogP contribution in [0.4, 0.5) is 10.5 Å². The van der Waals surface area contributed by atoms with Crippen LogP contribution in [0.3, 0.4) is 0 Å². The number of aliphatic imine (C=N–C) groups is 1. The number of ether oxygens (including phenoxy) is 1. The lowest BCUT2D eigenvalue weighted by atomic mass is 9.85. The first kappa shape index (κ1) is 33.5. The summed E-state index contributed by atoms with van der Waals surface area (Å²) in [4.78, 5) is 20.0. The fourth-order valence-electron chi connectivity index (χ4n) is 5.72. The van der Waals surface area contributed by atoms with Gasteiger partial charge in [-0.15, -0.1) is 0 Å². The Morgan fingerprint density at radius 2 is 1.87 bits per heavy atom. The van der Waals surface area contributed by atoms with Gasteiger partial charge in [-0.3, -0.25) is 25.4 Å². The second-order valence-electron chi connectivity index (χ2n) is 13.0. The molecular formula is C34H46N10O3. The number of nitrogens with one attached hydrogen (secondary N) is 4. The number of nitrogens with two attached hydrogens (primary N) is 1. The highest BCUT2D eigenvalue weighted by atomic mass is 16.5. The molecule has 3 heterocycles. The van der Waals surface area contributed by atoms with E-state index in [0.29, 0.717) is 42.5 Å². The second kappa shape index (κ2) is 14.7. The normalized spacial score (nSPS) is 18.8. The average Bonchev–Trinajstić information content (AvgIpc) is 3.49. The molecule has 3 aromatic rings. The number of amides is 2. The predicted octanol–water partition coefficient (Wildman–Crippen LogP) is 4.30. The van der Waals surface area contributed by atoms with E-state index in [0.717, 1.165) is 37.1 Å². The average molecular weight is 643 g/mol. The van der Waals surface area contributed by atoms with Crippen molar-refractivity contribution in [3.63, 3.8) is 0 Å². The van der Waals surface area contributed by atoms with Crippen molar-refractivity contribution in [3.8, 4) is 5.75 Å². The lowest BCUT2D eigenvalue weighted by Gasteiger charge is -2.33. The third-order valence-corrected chi connectivity index (χ3v) is 8.42. The predicted molar refractivity (Wildman–Crippen MR) is 180 cm³/mol. The number of piperidine rings is 1. The van der Waals surface area contributed by atoms with E-state index in [1.807, 2.05) is 49.9 Å². The number of hydrogen-bond acceptors (Lipinski definition) is 8. The molecule has 2 aliphatic rings. The van der Waals surface area contributed by atoms with Crippen molar-refractivity contribution in [1.82, 2.24) is 29.9 Å². The van der Waals surface area contributed by atoms with Gasteiger partial charge >= 0.3 is 6.03 Å². The molecule has 1 aromatic carbocycles. The summed E-state index contributed by atoms with van der Waals surface area (Å²) in [6.45, 7) is 7.86. The van der Waals surface area contributed by atoms with Crippen molar-refractivity contribution >= 4 is 23.5 Å². The Hall–Kier alpha value is -4.91. The number of likely N-dealkylation sites (tertiary alicyclic amines) is 1. The molecule has 5 rings (SSSR count). The van der Waals surface area contributed by atoms with Crippen LogP contribution in [0.25, 0.3) is 0 Å². The molecule has 1 aliphatic carbocycles. The van der Waals surface area contributed by atoms with E-state index in [1.165, 1.54) is 6.42 Å². The molecule has 1 fully saturated rings. The molecule has 0 bridgehead atoms. The fraction of sp³-hybridized carbons (Fsp3) is 0.441. The number of hydrogen-bond donors (Lipinski definition) is 6. The van der Waals surface area contributed by atoms with Crippen molar-refractivity contribution < 1.29 is 14.6 Å². The summed E-state index contributed by atoms with van der Waals surface area (Å²) >= 11 is 0. The monoisotopic (exact) mass is 642 g/mol. The molecule has 1 saturated heterocycles. The number of aromatic nitrogens is 3. The van der Waals surface area contributed by atoms with Gasteiger partial charge in [-0.2, -0.15) is 5.10 Å². The first-order chi connectivity index (χ1) is 22.5. The molecule has 0 radical (unpaired) electrons. The SMILES string of the molecule is CC(C)(C)/C(N)=C/C(=Nc1cnn(CCO)c1)NC(=O)NC1CCC(Oc2ccc(=N)n(C(=N)N3CCCCC3)c2)c2ccccc21. The summed E-state index contributed by atoms with van der Waals surface area (Å²) in [6, 6.07) is 10.7. The number of benzene rings is 1. The first-order valence-electron chi connectivity index (χ1n) is 16.2. The van der Waals surface area contributed by atoms with Crippen LogP contribution in [0.5, 0.6) is 5.75 Å². The largest absolute Gasteiger partial charge is 0.484 e. The number of rotatable bonds is 7. The second-order valence-corrected chi connectivity index (χ2v) is 13.0. The number of fused-ring (bicyclic) bond motifs is 1. The van der Waals surface area contributed by atoms with Gasteiger partial charge in [0.2, 0.25) is 5.96 Å². The van der Waals surface area contributed by atoms with Crippen LogP contribution in [-0.4, -0.2) is 61.9 Å². The van der Waals surface area contributed by atoms with Gasteiger partial charge in [0, 0.05) is 30.3 Å². The number of carbonyl (C=O) groups is 1. The van der Waals surface area contributed by atoms with Crippen molar-refractivity contribution in [2.75, 3.05) is 19.7 Å². The molecule has 1 aliphatic heterocycles. The van der Waals surface area contributed by atoms with Crippen LogP contribution in [-0.2, 0) is 6.54 Å². The Morgan fingerprint density at radius 3 is 2.60 bits per heavy atom. The Bertz CT molecular complexity index is 1690. The van der Waals surface area contributed by atoms with E-state index in [4.69, 9.17) is 21.3 Å². The van der Waals surface area contributed by atoms with Gasteiger partial charge in [0.25, 0.3) is 0 Å². The molecule has 0 spiro atoms. The molecule has 250 valence electrons. The van der Waals surface area contributed by atoms with E-state index in [1.54, 1.807) is 46.0 Å². The molecule has 0 saturated carbocycles. The van der Waals surface area contributed by atoms with Gasteiger partial charge in [0.15, 0.2) is 0 Å². The van der Waals surface area contributed by atoms with Gasteiger partial charge < -0.3 is 25.8 Å². The maximum absolute atomic E-state index is 13.4. The minimum absolute atomic E-state index is 0.0507. The van der Waals surface area contributed by atoms with Crippen LogP contribution in [0.1, 0.15) is 76.1 Å². The van der Waals surface area contributed by atoms with Gasteiger partial charge in [-0.1, -0.05) is 45.0 Å². The van der Waals surface area contributed by atoms with Crippen molar-refractivity contribution in [1.29, 1.82) is 10.8 Å². The molecule has 7 N–H and O–H groups in total. The number of pyridine rings is 1. The molecule has 47 heavy (non-hydrogen) atoms. The summed E-state index contributed by atoms with van der Waals surface area (Å²) in [6.07, 6.45) is 10.9. The van der Waals surface area contributed by atoms with Crippen LogP contribution >= 0.6 is 0 Å². The minimum atomic E-state index is -0.424. The lowest BCUT2D eigenvalue weighted by molar-refractivity contribution is 0.171.